The van der Waals surface area contributed by atoms with E-state index in [1.54, 1.807) is 12.1 Å². The summed E-state index contributed by atoms with van der Waals surface area (Å²) in [5, 5.41) is 3.34. The van der Waals surface area contributed by atoms with Crippen LogP contribution in [0.2, 0.25) is 5.02 Å². The van der Waals surface area contributed by atoms with Crippen LogP contribution in [0.3, 0.4) is 0 Å². The molecule has 0 aliphatic rings. The standard InChI is InChI=1S/C14H12ClFN2O2/c1-20-14(19)9-2-4-11(17-7-9)8-18-13-6-10(15)3-5-12(13)16/h2-7,18H,8H2,1H3. The fourth-order valence-electron chi connectivity index (χ4n) is 1.59. The summed E-state index contributed by atoms with van der Waals surface area (Å²) in [6, 6.07) is 7.54. The number of halogens is 2. The molecule has 2 aromatic rings. The van der Waals surface area contributed by atoms with E-state index in [4.69, 9.17) is 11.6 Å². The van der Waals surface area contributed by atoms with Crippen molar-refractivity contribution in [2.24, 2.45) is 0 Å². The van der Waals surface area contributed by atoms with E-state index in [-0.39, 0.29) is 5.82 Å². The molecule has 0 unspecified atom stereocenters. The minimum atomic E-state index is -0.446. The van der Waals surface area contributed by atoms with E-state index in [2.05, 4.69) is 15.0 Å². The first-order valence-corrected chi connectivity index (χ1v) is 6.20. The fourth-order valence-corrected chi connectivity index (χ4v) is 1.76. The van der Waals surface area contributed by atoms with Crippen LogP contribution < -0.4 is 5.32 Å². The summed E-state index contributed by atoms with van der Waals surface area (Å²) < 4.78 is 18.1. The Morgan fingerprint density at radius 2 is 2.20 bits per heavy atom. The van der Waals surface area contributed by atoms with Gasteiger partial charge < -0.3 is 10.1 Å². The van der Waals surface area contributed by atoms with Gasteiger partial charge in [-0.05, 0) is 30.3 Å². The Bertz CT molecular complexity index is 617. The van der Waals surface area contributed by atoms with E-state index in [1.165, 1.54) is 31.5 Å². The van der Waals surface area contributed by atoms with Gasteiger partial charge in [0.05, 0.1) is 30.6 Å². The average Bonchev–Trinajstić information content (AvgIpc) is 2.48. The third-order valence-corrected chi connectivity index (χ3v) is 2.87. The molecule has 0 saturated heterocycles. The molecule has 1 aromatic heterocycles. The Morgan fingerprint density at radius 1 is 1.40 bits per heavy atom. The number of aromatic nitrogens is 1. The smallest absolute Gasteiger partial charge is 0.339 e. The van der Waals surface area contributed by atoms with Gasteiger partial charge in [0.25, 0.3) is 0 Å². The van der Waals surface area contributed by atoms with Crippen LogP contribution >= 0.6 is 11.6 Å². The molecular formula is C14H12ClFN2O2. The van der Waals surface area contributed by atoms with Crippen LogP contribution in [0.25, 0.3) is 0 Å². The molecule has 1 N–H and O–H groups in total. The molecule has 0 atom stereocenters. The van der Waals surface area contributed by atoms with E-state index < -0.39 is 5.97 Å². The van der Waals surface area contributed by atoms with Crippen molar-refractivity contribution >= 4 is 23.3 Å². The van der Waals surface area contributed by atoms with Crippen LogP contribution in [0.4, 0.5) is 10.1 Å². The first-order chi connectivity index (χ1) is 9.60. The maximum absolute atomic E-state index is 13.5. The van der Waals surface area contributed by atoms with Crippen LogP contribution in [0.5, 0.6) is 0 Å². The van der Waals surface area contributed by atoms with Crippen LogP contribution in [0, 0.1) is 5.82 Å². The molecule has 0 fully saturated rings. The topological polar surface area (TPSA) is 51.2 Å². The fraction of sp³-hybridized carbons (Fsp3) is 0.143. The highest BCUT2D eigenvalue weighted by atomic mass is 35.5. The Hall–Kier alpha value is -2.14. The highest BCUT2D eigenvalue weighted by Gasteiger charge is 2.06. The Morgan fingerprint density at radius 3 is 2.85 bits per heavy atom. The molecule has 0 radical (unpaired) electrons. The highest BCUT2D eigenvalue weighted by molar-refractivity contribution is 6.30. The van der Waals surface area contributed by atoms with Gasteiger partial charge in [0.15, 0.2) is 0 Å². The van der Waals surface area contributed by atoms with Crippen molar-refractivity contribution in [2.75, 3.05) is 12.4 Å². The molecule has 20 heavy (non-hydrogen) atoms. The normalized spacial score (nSPS) is 10.2. The average molecular weight is 295 g/mol. The van der Waals surface area contributed by atoms with Crippen molar-refractivity contribution in [3.8, 4) is 0 Å². The van der Waals surface area contributed by atoms with Crippen molar-refractivity contribution in [3.05, 3.63) is 58.6 Å². The predicted octanol–water partition coefficient (Wildman–Crippen LogP) is 3.27. The number of methoxy groups -OCH3 is 1. The van der Waals surface area contributed by atoms with E-state index in [0.717, 1.165) is 0 Å². The van der Waals surface area contributed by atoms with E-state index in [0.29, 0.717) is 28.5 Å². The van der Waals surface area contributed by atoms with Gasteiger partial charge in [0.1, 0.15) is 5.82 Å². The number of hydrogen-bond acceptors (Lipinski definition) is 4. The molecule has 4 nitrogen and oxygen atoms in total. The third-order valence-electron chi connectivity index (χ3n) is 2.63. The second-order valence-electron chi connectivity index (χ2n) is 4.01. The number of nitrogens with zero attached hydrogens (tertiary/aromatic N) is 1. The first kappa shape index (κ1) is 14.3. The minimum absolute atomic E-state index is 0.302. The Kier molecular flexibility index (Phi) is 4.53. The van der Waals surface area contributed by atoms with Gasteiger partial charge in [0, 0.05) is 11.2 Å². The van der Waals surface area contributed by atoms with Crippen molar-refractivity contribution in [1.82, 2.24) is 4.98 Å². The van der Waals surface area contributed by atoms with Gasteiger partial charge in [-0.15, -0.1) is 0 Å². The van der Waals surface area contributed by atoms with Gasteiger partial charge >= 0.3 is 5.97 Å². The summed E-state index contributed by atoms with van der Waals surface area (Å²) in [6.07, 6.45) is 1.41. The number of hydrogen-bond donors (Lipinski definition) is 1. The molecular weight excluding hydrogens is 283 g/mol. The van der Waals surface area contributed by atoms with Crippen LogP contribution in [0.15, 0.2) is 36.5 Å². The lowest BCUT2D eigenvalue weighted by Gasteiger charge is -2.08. The number of carbonyl (C=O) groups excluding carboxylic acids is 1. The minimum Gasteiger partial charge on any atom is -0.465 e. The Balaban J connectivity index is 2.04. The number of benzene rings is 1. The number of carbonyl (C=O) groups is 1. The van der Waals surface area contributed by atoms with Crippen molar-refractivity contribution < 1.29 is 13.9 Å². The summed E-state index contributed by atoms with van der Waals surface area (Å²) in [5.74, 6) is -0.835. The second kappa shape index (κ2) is 6.34. The zero-order chi connectivity index (χ0) is 14.5. The van der Waals surface area contributed by atoms with Gasteiger partial charge in [-0.2, -0.15) is 0 Å². The number of esters is 1. The van der Waals surface area contributed by atoms with Crippen molar-refractivity contribution in [2.45, 2.75) is 6.54 Å². The molecule has 1 heterocycles. The van der Waals surface area contributed by atoms with E-state index in [1.807, 2.05) is 0 Å². The summed E-state index contributed by atoms with van der Waals surface area (Å²) in [5.41, 5.74) is 1.33. The summed E-state index contributed by atoms with van der Waals surface area (Å²) in [4.78, 5) is 15.3. The monoisotopic (exact) mass is 294 g/mol. The quantitative estimate of drug-likeness (QED) is 0.879. The van der Waals surface area contributed by atoms with Crippen LogP contribution in [-0.2, 0) is 11.3 Å². The number of nitrogens with one attached hydrogen (secondary N) is 1. The van der Waals surface area contributed by atoms with E-state index >= 15 is 0 Å². The summed E-state index contributed by atoms with van der Waals surface area (Å²) in [6.45, 7) is 0.318. The molecule has 0 bridgehead atoms. The highest BCUT2D eigenvalue weighted by Crippen LogP contribution is 2.20. The largest absolute Gasteiger partial charge is 0.465 e. The lowest BCUT2D eigenvalue weighted by Crippen LogP contribution is -2.06. The SMILES string of the molecule is COC(=O)c1ccc(CNc2cc(Cl)ccc2F)nc1. The van der Waals surface area contributed by atoms with Crippen LogP contribution in [-0.4, -0.2) is 18.1 Å². The number of pyridine rings is 1. The van der Waals surface area contributed by atoms with E-state index in [9.17, 15) is 9.18 Å². The summed E-state index contributed by atoms with van der Waals surface area (Å²) >= 11 is 5.80. The molecule has 0 aliphatic heterocycles. The summed E-state index contributed by atoms with van der Waals surface area (Å²) in [7, 11) is 1.31. The molecule has 2 rings (SSSR count). The molecule has 0 aliphatic carbocycles. The maximum atomic E-state index is 13.5. The molecule has 1 aromatic carbocycles. The van der Waals surface area contributed by atoms with Gasteiger partial charge in [-0.3, -0.25) is 4.98 Å². The maximum Gasteiger partial charge on any atom is 0.339 e. The predicted molar refractivity (Wildman–Crippen MR) is 74.3 cm³/mol. The lowest BCUT2D eigenvalue weighted by molar-refractivity contribution is 0.0600. The second-order valence-corrected chi connectivity index (χ2v) is 4.44. The van der Waals surface area contributed by atoms with Gasteiger partial charge in [-0.25, -0.2) is 9.18 Å². The number of rotatable bonds is 4. The van der Waals surface area contributed by atoms with Crippen molar-refractivity contribution in [1.29, 1.82) is 0 Å². The number of anilines is 1. The van der Waals surface area contributed by atoms with Crippen LogP contribution in [0.1, 0.15) is 16.1 Å². The van der Waals surface area contributed by atoms with Crippen molar-refractivity contribution in [3.63, 3.8) is 0 Å². The number of ether oxygens (including phenoxy) is 1. The molecule has 104 valence electrons. The zero-order valence-corrected chi connectivity index (χ0v) is 11.4. The molecule has 0 saturated carbocycles. The first-order valence-electron chi connectivity index (χ1n) is 5.82. The van der Waals surface area contributed by atoms with Gasteiger partial charge in [-0.1, -0.05) is 11.6 Å². The van der Waals surface area contributed by atoms with Gasteiger partial charge in [0.2, 0.25) is 0 Å². The molecule has 0 spiro atoms. The molecule has 0 amide bonds. The molecule has 6 heteroatoms. The Labute approximate surface area is 120 Å². The zero-order valence-electron chi connectivity index (χ0n) is 10.7. The third kappa shape index (κ3) is 3.45. The lowest BCUT2D eigenvalue weighted by atomic mass is 10.2.